The lowest BCUT2D eigenvalue weighted by atomic mass is 10.3. The maximum absolute atomic E-state index is 9.45. The van der Waals surface area contributed by atoms with Crippen LogP contribution >= 0.6 is 46.5 Å². The lowest BCUT2D eigenvalue weighted by Gasteiger charge is -2.00. The minimum Gasteiger partial charge on any atom is -0.506 e. The van der Waals surface area contributed by atoms with Gasteiger partial charge in [-0.15, -0.1) is 10.2 Å². The molecule has 0 saturated carbocycles. The Morgan fingerprint density at radius 1 is 1.23 bits per heavy atom. The summed E-state index contributed by atoms with van der Waals surface area (Å²) in [5, 5.41) is 20.0. The van der Waals surface area contributed by atoms with E-state index in [4.69, 9.17) is 23.2 Å². The lowest BCUT2D eigenvalue weighted by Crippen LogP contribution is -1.84. The Bertz CT molecular complexity index is 883. The summed E-state index contributed by atoms with van der Waals surface area (Å²) in [7, 11) is 0. The molecule has 0 radical (unpaired) electrons. The third kappa shape index (κ3) is 3.00. The molecule has 3 rings (SSSR count). The first-order valence-corrected chi connectivity index (χ1v) is 8.60. The molecule has 2 heterocycles. The number of rotatable bonds is 3. The number of benzene rings is 1. The Balaban J connectivity index is 1.98. The van der Waals surface area contributed by atoms with Crippen molar-refractivity contribution in [2.75, 3.05) is 6.26 Å². The number of nitrogens with zero attached hydrogens (tertiary/aromatic N) is 5. The minimum absolute atomic E-state index is 0.105. The number of phenols is 1. The highest BCUT2D eigenvalue weighted by molar-refractivity contribution is 7.98. The highest BCUT2D eigenvalue weighted by atomic mass is 35.5. The molecule has 3 aromatic rings. The van der Waals surface area contributed by atoms with Crippen LogP contribution in [-0.4, -0.2) is 25.7 Å². The third-order valence-electron chi connectivity index (χ3n) is 2.64. The van der Waals surface area contributed by atoms with E-state index in [1.165, 1.54) is 35.4 Å². The summed E-state index contributed by atoms with van der Waals surface area (Å²) in [6.45, 7) is 0. The van der Waals surface area contributed by atoms with Gasteiger partial charge in [0.05, 0.1) is 15.4 Å². The Kier molecular flexibility index (Phi) is 4.44. The number of aromatic hydroxyl groups is 1. The molecule has 0 atom stereocenters. The van der Waals surface area contributed by atoms with Gasteiger partial charge in [-0.05, 0) is 23.9 Å². The van der Waals surface area contributed by atoms with Crippen LogP contribution in [0.2, 0.25) is 10.0 Å². The van der Waals surface area contributed by atoms with Crippen molar-refractivity contribution in [2.45, 2.75) is 5.16 Å². The molecule has 1 N–H and O–H groups in total. The molecule has 0 bridgehead atoms. The first-order chi connectivity index (χ1) is 10.6. The fourth-order valence-electron chi connectivity index (χ4n) is 1.59. The van der Waals surface area contributed by atoms with E-state index in [2.05, 4.69) is 24.6 Å². The number of thioether (sulfide) groups is 1. The van der Waals surface area contributed by atoms with Crippen molar-refractivity contribution in [3.8, 4) is 5.75 Å². The van der Waals surface area contributed by atoms with Crippen molar-refractivity contribution in [2.24, 2.45) is 10.2 Å². The van der Waals surface area contributed by atoms with E-state index in [-0.39, 0.29) is 15.8 Å². The third-order valence-corrected chi connectivity index (χ3v) is 4.55. The van der Waals surface area contributed by atoms with Gasteiger partial charge in [0.25, 0.3) is 0 Å². The maximum atomic E-state index is 9.45. The molecule has 2 aromatic heterocycles. The van der Waals surface area contributed by atoms with E-state index in [1.54, 1.807) is 6.20 Å². The van der Waals surface area contributed by atoms with E-state index in [0.29, 0.717) is 26.9 Å². The van der Waals surface area contributed by atoms with Crippen LogP contribution in [-0.2, 0) is 0 Å². The van der Waals surface area contributed by atoms with Gasteiger partial charge in [0.2, 0.25) is 0 Å². The predicted octanol–water partition coefficient (Wildman–Crippen LogP) is 5.24. The number of aromatic nitrogens is 3. The van der Waals surface area contributed by atoms with Gasteiger partial charge in [-0.1, -0.05) is 35.0 Å². The monoisotopic (exact) mass is 371 g/mol. The van der Waals surface area contributed by atoms with E-state index in [9.17, 15) is 5.11 Å². The molecule has 0 spiro atoms. The van der Waals surface area contributed by atoms with Crippen LogP contribution in [0.3, 0.4) is 0 Å². The van der Waals surface area contributed by atoms with Crippen LogP contribution < -0.4 is 0 Å². The van der Waals surface area contributed by atoms with Gasteiger partial charge in [0.15, 0.2) is 15.8 Å². The normalized spacial score (nSPS) is 11.6. The number of halogens is 2. The van der Waals surface area contributed by atoms with Gasteiger partial charge in [-0.3, -0.25) is 0 Å². The first kappa shape index (κ1) is 15.4. The zero-order chi connectivity index (χ0) is 15.7. The van der Waals surface area contributed by atoms with Crippen LogP contribution in [0.5, 0.6) is 5.75 Å². The second kappa shape index (κ2) is 6.33. The molecule has 0 aliphatic rings. The van der Waals surface area contributed by atoms with Crippen LogP contribution in [0.15, 0.2) is 33.7 Å². The van der Waals surface area contributed by atoms with Crippen molar-refractivity contribution in [1.29, 1.82) is 0 Å². The zero-order valence-electron chi connectivity index (χ0n) is 11.0. The molecule has 112 valence electrons. The highest BCUT2D eigenvalue weighted by Crippen LogP contribution is 2.37. The number of fused-ring (bicyclic) bond motifs is 1. The first-order valence-electron chi connectivity index (χ1n) is 5.84. The quantitative estimate of drug-likeness (QED) is 0.386. The van der Waals surface area contributed by atoms with Crippen molar-refractivity contribution in [3.63, 3.8) is 0 Å². The van der Waals surface area contributed by atoms with Crippen LogP contribution in [0, 0.1) is 0 Å². The SMILES string of the molecule is CSc1ncc2c(N=Nc3cc(Cl)c(O)cc3Cl)snc2n1. The van der Waals surface area contributed by atoms with Crippen molar-refractivity contribution < 1.29 is 5.11 Å². The molecule has 0 saturated heterocycles. The molecule has 0 unspecified atom stereocenters. The van der Waals surface area contributed by atoms with Gasteiger partial charge in [0, 0.05) is 12.3 Å². The molecule has 0 aliphatic carbocycles. The summed E-state index contributed by atoms with van der Waals surface area (Å²) in [4.78, 5) is 8.48. The second-order valence-corrected chi connectivity index (χ2v) is 6.38. The lowest BCUT2D eigenvalue weighted by molar-refractivity contribution is 0.475. The van der Waals surface area contributed by atoms with Crippen LogP contribution in [0.25, 0.3) is 11.0 Å². The molecule has 22 heavy (non-hydrogen) atoms. The molecular weight excluding hydrogens is 365 g/mol. The number of hydrogen-bond acceptors (Lipinski definition) is 8. The standard InChI is InChI=1S/C12H7Cl2N5OS2/c1-21-12-15-4-5-10(16-12)19-22-11(5)18-17-8-2-7(14)9(20)3-6(8)13/h2-4,20H,1H3. The van der Waals surface area contributed by atoms with Crippen molar-refractivity contribution >= 4 is 68.2 Å². The maximum Gasteiger partial charge on any atom is 0.189 e. The Hall–Kier alpha value is -1.48. The molecule has 0 aliphatic heterocycles. The largest absolute Gasteiger partial charge is 0.506 e. The Morgan fingerprint density at radius 3 is 2.82 bits per heavy atom. The number of hydrogen-bond donors (Lipinski definition) is 1. The number of azo groups is 1. The summed E-state index contributed by atoms with van der Waals surface area (Å²) < 4.78 is 4.22. The molecule has 1 aromatic carbocycles. The summed E-state index contributed by atoms with van der Waals surface area (Å²) in [6.07, 6.45) is 3.56. The summed E-state index contributed by atoms with van der Waals surface area (Å²) >= 11 is 14.4. The van der Waals surface area contributed by atoms with Crippen molar-refractivity contribution in [3.05, 3.63) is 28.4 Å². The highest BCUT2D eigenvalue weighted by Gasteiger charge is 2.10. The molecular formula is C12H7Cl2N5OS2. The van der Waals surface area contributed by atoms with Gasteiger partial charge in [-0.25, -0.2) is 9.97 Å². The van der Waals surface area contributed by atoms with E-state index in [0.717, 1.165) is 0 Å². The van der Waals surface area contributed by atoms with Crippen LogP contribution in [0.1, 0.15) is 0 Å². The zero-order valence-corrected chi connectivity index (χ0v) is 14.1. The topological polar surface area (TPSA) is 83.6 Å². The van der Waals surface area contributed by atoms with E-state index >= 15 is 0 Å². The fourth-order valence-corrected chi connectivity index (χ4v) is 2.91. The van der Waals surface area contributed by atoms with Gasteiger partial charge >= 0.3 is 0 Å². The second-order valence-electron chi connectivity index (χ2n) is 4.04. The smallest absolute Gasteiger partial charge is 0.189 e. The molecule has 10 heteroatoms. The van der Waals surface area contributed by atoms with Gasteiger partial charge in [0.1, 0.15) is 11.4 Å². The molecule has 0 amide bonds. The van der Waals surface area contributed by atoms with Crippen LogP contribution in [0.4, 0.5) is 10.7 Å². The summed E-state index contributed by atoms with van der Waals surface area (Å²) in [6, 6.07) is 2.76. The minimum atomic E-state index is -0.105. The average molecular weight is 372 g/mol. The Morgan fingerprint density at radius 2 is 2.05 bits per heavy atom. The number of phenolic OH excluding ortho intramolecular Hbond substituents is 1. The Labute approximate surface area is 143 Å². The van der Waals surface area contributed by atoms with E-state index < -0.39 is 0 Å². The predicted molar refractivity (Wildman–Crippen MR) is 89.3 cm³/mol. The fraction of sp³-hybridized carbons (Fsp3) is 0.0833. The van der Waals surface area contributed by atoms with Gasteiger partial charge < -0.3 is 5.11 Å². The van der Waals surface area contributed by atoms with Gasteiger partial charge in [-0.2, -0.15) is 4.37 Å². The molecule has 6 nitrogen and oxygen atoms in total. The summed E-state index contributed by atoms with van der Waals surface area (Å²) in [5.41, 5.74) is 0.931. The molecule has 0 fully saturated rings. The van der Waals surface area contributed by atoms with E-state index in [1.807, 2.05) is 6.26 Å². The average Bonchev–Trinajstić information content (AvgIpc) is 2.91. The van der Waals surface area contributed by atoms with Crippen molar-refractivity contribution in [1.82, 2.24) is 14.3 Å². The summed E-state index contributed by atoms with van der Waals surface area (Å²) in [5.74, 6) is -0.105.